The van der Waals surface area contributed by atoms with Gasteiger partial charge in [0.2, 0.25) is 9.84 Å². The summed E-state index contributed by atoms with van der Waals surface area (Å²) in [5.74, 6) is 0.212. The first-order valence-corrected chi connectivity index (χ1v) is 10.8. The molecule has 0 aliphatic carbocycles. The third-order valence-corrected chi connectivity index (χ3v) is 8.84. The molecule has 1 aliphatic rings. The van der Waals surface area contributed by atoms with Crippen LogP contribution in [0.25, 0.3) is 11.0 Å². The fourth-order valence-corrected chi connectivity index (χ4v) is 7.05. The first-order chi connectivity index (χ1) is 13.3. The van der Waals surface area contributed by atoms with Crippen LogP contribution in [0.4, 0.5) is 5.69 Å². The minimum Gasteiger partial charge on any atom is -0.360 e. The minimum absolute atomic E-state index is 0.111. The Morgan fingerprint density at radius 1 is 1.32 bits per heavy atom. The maximum atomic E-state index is 14.1. The van der Waals surface area contributed by atoms with Gasteiger partial charge in [-0.25, -0.2) is 13.4 Å². The fraction of sp³-hybridized carbons (Fsp3) is 0.474. The van der Waals surface area contributed by atoms with Crippen molar-refractivity contribution in [2.24, 2.45) is 5.92 Å². The zero-order chi connectivity index (χ0) is 20.1. The molecule has 0 aromatic carbocycles. The van der Waals surface area contributed by atoms with Crippen LogP contribution in [0.15, 0.2) is 33.9 Å². The Bertz CT molecular complexity index is 1100. The van der Waals surface area contributed by atoms with Gasteiger partial charge in [-0.3, -0.25) is 0 Å². The van der Waals surface area contributed by atoms with E-state index in [1.807, 2.05) is 37.2 Å². The molecule has 2 N–H and O–H groups in total. The van der Waals surface area contributed by atoms with Crippen molar-refractivity contribution in [2.75, 3.05) is 25.0 Å². The quantitative estimate of drug-likeness (QED) is 0.689. The second-order valence-corrected chi connectivity index (χ2v) is 9.62. The van der Waals surface area contributed by atoms with E-state index in [1.165, 1.54) is 0 Å². The normalized spacial score (nSPS) is 23.2. The van der Waals surface area contributed by atoms with E-state index >= 15 is 0 Å². The number of hydrogen-bond donors (Lipinski definition) is 2. The summed E-state index contributed by atoms with van der Waals surface area (Å²) in [6, 6.07) is 3.79. The summed E-state index contributed by atoms with van der Waals surface area (Å²) in [5, 5.41) is 8.09. The molecule has 0 saturated carbocycles. The molecular weight excluding hydrogens is 378 g/mol. The molecule has 3 aromatic rings. The Labute approximate surface area is 164 Å². The van der Waals surface area contributed by atoms with Crippen molar-refractivity contribution in [1.29, 1.82) is 0 Å². The van der Waals surface area contributed by atoms with Crippen LogP contribution in [0.3, 0.4) is 0 Å². The molecule has 150 valence electrons. The first kappa shape index (κ1) is 18.9. The van der Waals surface area contributed by atoms with Gasteiger partial charge in [-0.05, 0) is 44.9 Å². The van der Waals surface area contributed by atoms with Crippen molar-refractivity contribution < 1.29 is 12.9 Å². The summed E-state index contributed by atoms with van der Waals surface area (Å²) in [6.07, 6.45) is 4.25. The lowest BCUT2D eigenvalue weighted by molar-refractivity contribution is 0.290. The van der Waals surface area contributed by atoms with Crippen LogP contribution in [0.2, 0.25) is 0 Å². The van der Waals surface area contributed by atoms with Crippen molar-refractivity contribution in [3.63, 3.8) is 0 Å². The molecule has 0 amide bonds. The summed E-state index contributed by atoms with van der Waals surface area (Å²) in [4.78, 5) is 8.34. The van der Waals surface area contributed by atoms with Gasteiger partial charge in [0.05, 0.1) is 11.4 Å². The third kappa shape index (κ3) is 2.49. The maximum Gasteiger partial charge on any atom is 0.209 e. The monoisotopic (exact) mass is 403 g/mol. The number of aromatic amines is 1. The van der Waals surface area contributed by atoms with Crippen LogP contribution < -0.4 is 10.2 Å². The van der Waals surface area contributed by atoms with Gasteiger partial charge in [-0.15, -0.1) is 0 Å². The highest BCUT2D eigenvalue weighted by molar-refractivity contribution is 7.93. The molecule has 4 rings (SSSR count). The number of H-pyrrole nitrogens is 1. The molecule has 1 aliphatic heterocycles. The van der Waals surface area contributed by atoms with Gasteiger partial charge in [0.1, 0.15) is 10.5 Å². The number of fused-ring (bicyclic) bond motifs is 1. The summed E-state index contributed by atoms with van der Waals surface area (Å²) in [5.41, 5.74) is 1.94. The minimum atomic E-state index is -3.81. The molecule has 4 heterocycles. The van der Waals surface area contributed by atoms with E-state index < -0.39 is 14.7 Å². The Balaban J connectivity index is 1.97. The molecule has 8 nitrogen and oxygen atoms in total. The zero-order valence-electron chi connectivity index (χ0n) is 16.5. The second kappa shape index (κ2) is 6.59. The molecular formula is C19H25N5O3S. The molecule has 0 radical (unpaired) electrons. The van der Waals surface area contributed by atoms with Gasteiger partial charge in [0.15, 0.2) is 10.6 Å². The smallest absolute Gasteiger partial charge is 0.209 e. The molecule has 9 heteroatoms. The number of nitrogens with zero attached hydrogens (tertiary/aromatic N) is 3. The molecule has 3 aromatic heterocycles. The van der Waals surface area contributed by atoms with Gasteiger partial charge in [-0.2, -0.15) is 0 Å². The lowest BCUT2D eigenvalue weighted by Crippen LogP contribution is -2.65. The van der Waals surface area contributed by atoms with Crippen molar-refractivity contribution in [1.82, 2.24) is 20.4 Å². The highest BCUT2D eigenvalue weighted by Gasteiger charge is 2.55. The number of piperidine rings is 1. The van der Waals surface area contributed by atoms with E-state index in [9.17, 15) is 8.42 Å². The van der Waals surface area contributed by atoms with Crippen LogP contribution in [0, 0.1) is 19.8 Å². The van der Waals surface area contributed by atoms with Crippen LogP contribution in [-0.2, 0) is 9.84 Å². The van der Waals surface area contributed by atoms with E-state index in [-0.39, 0.29) is 10.8 Å². The van der Waals surface area contributed by atoms with E-state index in [0.717, 1.165) is 29.7 Å². The molecule has 2 atom stereocenters. The summed E-state index contributed by atoms with van der Waals surface area (Å²) in [7, 11) is -1.97. The van der Waals surface area contributed by atoms with Crippen molar-refractivity contribution >= 4 is 26.6 Å². The summed E-state index contributed by atoms with van der Waals surface area (Å²) < 4.78 is 33.4. The number of pyridine rings is 1. The van der Waals surface area contributed by atoms with Crippen LogP contribution in [-0.4, -0.2) is 48.6 Å². The number of nitrogens with one attached hydrogen (secondary N) is 2. The van der Waals surface area contributed by atoms with Crippen molar-refractivity contribution in [3.8, 4) is 0 Å². The predicted octanol–water partition coefficient (Wildman–Crippen LogP) is 2.40. The number of aromatic nitrogens is 3. The molecule has 1 saturated heterocycles. The van der Waals surface area contributed by atoms with E-state index in [0.29, 0.717) is 18.0 Å². The first-order valence-electron chi connectivity index (χ1n) is 9.35. The number of rotatable bonds is 4. The maximum absolute atomic E-state index is 14.1. The van der Waals surface area contributed by atoms with Gasteiger partial charge >= 0.3 is 0 Å². The molecule has 0 unspecified atom stereocenters. The Morgan fingerprint density at radius 2 is 2.11 bits per heavy atom. The van der Waals surface area contributed by atoms with Crippen LogP contribution >= 0.6 is 0 Å². The zero-order valence-corrected chi connectivity index (χ0v) is 17.3. The van der Waals surface area contributed by atoms with Gasteiger partial charge in [-0.1, -0.05) is 12.1 Å². The lowest BCUT2D eigenvalue weighted by atomic mass is 9.92. The Morgan fingerprint density at radius 3 is 2.79 bits per heavy atom. The average molecular weight is 404 g/mol. The number of aryl methyl sites for hydroxylation is 2. The van der Waals surface area contributed by atoms with E-state index in [4.69, 9.17) is 4.52 Å². The number of anilines is 1. The van der Waals surface area contributed by atoms with Gasteiger partial charge in [0, 0.05) is 31.4 Å². The molecule has 0 spiro atoms. The van der Waals surface area contributed by atoms with Crippen molar-refractivity contribution in [2.45, 2.75) is 37.0 Å². The fourth-order valence-electron chi connectivity index (χ4n) is 4.45. The standard InChI is InChI=1S/C19H25N5O3S/c1-12-5-8-20-11-19(12,28(25,26)17-13(2)23-27-14(17)3)24(4)16-7-10-22-18-15(16)6-9-21-18/h6-7,9-10,12,20H,5,8,11H2,1-4H3,(H,21,22)/t12-,19+/m1/s1. The van der Waals surface area contributed by atoms with E-state index in [1.54, 1.807) is 20.0 Å². The van der Waals surface area contributed by atoms with E-state index in [2.05, 4.69) is 20.4 Å². The lowest BCUT2D eigenvalue weighted by Gasteiger charge is -2.49. The summed E-state index contributed by atoms with van der Waals surface area (Å²) in [6.45, 7) is 6.42. The highest BCUT2D eigenvalue weighted by Crippen LogP contribution is 2.43. The van der Waals surface area contributed by atoms with Crippen LogP contribution in [0.5, 0.6) is 0 Å². The van der Waals surface area contributed by atoms with Crippen LogP contribution in [0.1, 0.15) is 24.8 Å². The number of hydrogen-bond acceptors (Lipinski definition) is 7. The largest absolute Gasteiger partial charge is 0.360 e. The SMILES string of the molecule is Cc1noc(C)c1S(=O)(=O)[C@@]1(N(C)c2ccnc3[nH]ccc23)CNCC[C@H]1C. The van der Waals surface area contributed by atoms with Gasteiger partial charge in [0.25, 0.3) is 0 Å². The molecule has 0 bridgehead atoms. The van der Waals surface area contributed by atoms with Crippen molar-refractivity contribution in [3.05, 3.63) is 36.0 Å². The molecule has 28 heavy (non-hydrogen) atoms. The van der Waals surface area contributed by atoms with Gasteiger partial charge < -0.3 is 19.7 Å². The second-order valence-electron chi connectivity index (χ2n) is 7.50. The topological polar surface area (TPSA) is 104 Å². The highest BCUT2D eigenvalue weighted by atomic mass is 32.2. The average Bonchev–Trinajstić information content (AvgIpc) is 3.27. The predicted molar refractivity (Wildman–Crippen MR) is 107 cm³/mol. The molecule has 1 fully saturated rings. The number of likely N-dealkylation sites (N-methyl/N-ethyl adjacent to an activating group) is 1. The Kier molecular flexibility index (Phi) is 4.46. The Hall–Kier alpha value is -2.39. The number of sulfone groups is 1. The summed E-state index contributed by atoms with van der Waals surface area (Å²) >= 11 is 0. The third-order valence-electron chi connectivity index (χ3n) is 5.97.